The number of thiazole rings is 1. The molecule has 0 fully saturated rings. The van der Waals surface area contributed by atoms with Crippen molar-refractivity contribution < 1.29 is 4.74 Å². The van der Waals surface area contributed by atoms with Gasteiger partial charge in [-0.05, 0) is 32.4 Å². The van der Waals surface area contributed by atoms with Gasteiger partial charge in [-0.3, -0.25) is 0 Å². The van der Waals surface area contributed by atoms with E-state index in [0.717, 1.165) is 29.7 Å². The number of halogens is 1. The molecule has 0 saturated carbocycles. The van der Waals surface area contributed by atoms with Gasteiger partial charge in [0.2, 0.25) is 0 Å². The maximum Gasteiger partial charge on any atom is 0.191 e. The SMILES string of the molecule is CCNC(=NCc1ncc(CC)s1)NCC(C)Oc1ccccc1.I. The minimum Gasteiger partial charge on any atom is -0.489 e. The van der Waals surface area contributed by atoms with Crippen molar-refractivity contribution in [1.82, 2.24) is 15.6 Å². The fourth-order valence-electron chi connectivity index (χ4n) is 2.09. The summed E-state index contributed by atoms with van der Waals surface area (Å²) in [4.78, 5) is 10.3. The van der Waals surface area contributed by atoms with Crippen LogP contribution in [0, 0.1) is 0 Å². The molecule has 5 nitrogen and oxygen atoms in total. The third-order valence-electron chi connectivity index (χ3n) is 3.30. The maximum atomic E-state index is 5.87. The smallest absolute Gasteiger partial charge is 0.191 e. The highest BCUT2D eigenvalue weighted by atomic mass is 127. The molecule has 1 atom stereocenters. The van der Waals surface area contributed by atoms with Gasteiger partial charge < -0.3 is 15.4 Å². The van der Waals surface area contributed by atoms with Crippen LogP contribution >= 0.6 is 35.3 Å². The van der Waals surface area contributed by atoms with Crippen molar-refractivity contribution >= 4 is 41.3 Å². The van der Waals surface area contributed by atoms with Crippen LogP contribution in [0.2, 0.25) is 0 Å². The van der Waals surface area contributed by atoms with E-state index in [1.165, 1.54) is 4.88 Å². The van der Waals surface area contributed by atoms with Gasteiger partial charge >= 0.3 is 0 Å². The summed E-state index contributed by atoms with van der Waals surface area (Å²) in [7, 11) is 0. The summed E-state index contributed by atoms with van der Waals surface area (Å²) < 4.78 is 5.87. The van der Waals surface area contributed by atoms with E-state index < -0.39 is 0 Å². The lowest BCUT2D eigenvalue weighted by Gasteiger charge is -2.17. The number of benzene rings is 1. The van der Waals surface area contributed by atoms with E-state index in [4.69, 9.17) is 4.74 Å². The Hall–Kier alpha value is -1.35. The molecule has 1 aromatic heterocycles. The zero-order valence-corrected chi connectivity index (χ0v) is 18.1. The highest BCUT2D eigenvalue weighted by molar-refractivity contribution is 14.0. The average Bonchev–Trinajstić information content (AvgIpc) is 3.06. The number of guanidine groups is 1. The second-order valence-corrected chi connectivity index (χ2v) is 6.59. The molecule has 0 bridgehead atoms. The van der Waals surface area contributed by atoms with Crippen molar-refractivity contribution in [2.75, 3.05) is 13.1 Å². The van der Waals surface area contributed by atoms with Crippen molar-refractivity contribution in [2.24, 2.45) is 4.99 Å². The standard InChI is InChI=1S/C18H26N4OS.HI/c1-4-16-12-20-17(24-16)13-22-18(19-5-2)21-11-14(3)23-15-9-7-6-8-10-15;/h6-10,12,14H,4-5,11,13H2,1-3H3,(H2,19,21,22);1H. The second-order valence-electron chi connectivity index (χ2n) is 5.39. The highest BCUT2D eigenvalue weighted by Gasteiger charge is 2.06. The summed E-state index contributed by atoms with van der Waals surface area (Å²) >= 11 is 1.72. The molecule has 0 spiro atoms. The van der Waals surface area contributed by atoms with Gasteiger partial charge in [-0.25, -0.2) is 9.98 Å². The minimum absolute atomic E-state index is 0. The molecule has 0 aliphatic carbocycles. The topological polar surface area (TPSA) is 58.5 Å². The second kappa shape index (κ2) is 12.1. The quantitative estimate of drug-likeness (QED) is 0.347. The first-order valence-corrected chi connectivity index (χ1v) is 9.20. The first-order valence-electron chi connectivity index (χ1n) is 8.38. The van der Waals surface area contributed by atoms with E-state index in [2.05, 4.69) is 34.5 Å². The summed E-state index contributed by atoms with van der Waals surface area (Å²) in [6.45, 7) is 8.32. The number of nitrogens with one attached hydrogen (secondary N) is 2. The van der Waals surface area contributed by atoms with Crippen LogP contribution in [-0.2, 0) is 13.0 Å². The normalized spacial score (nSPS) is 12.2. The Morgan fingerprint density at radius 3 is 2.64 bits per heavy atom. The van der Waals surface area contributed by atoms with Crippen molar-refractivity contribution in [3.63, 3.8) is 0 Å². The summed E-state index contributed by atoms with van der Waals surface area (Å²) in [5.41, 5.74) is 0. The molecule has 0 aliphatic heterocycles. The Kier molecular flexibility index (Phi) is 10.5. The molecule has 1 aromatic carbocycles. The largest absolute Gasteiger partial charge is 0.489 e. The lowest BCUT2D eigenvalue weighted by atomic mass is 10.3. The number of aliphatic imine (C=N–C) groups is 1. The Labute approximate surface area is 171 Å². The zero-order valence-electron chi connectivity index (χ0n) is 15.0. The van der Waals surface area contributed by atoms with Gasteiger partial charge in [0, 0.05) is 17.6 Å². The predicted octanol–water partition coefficient (Wildman–Crippen LogP) is 3.85. The predicted molar refractivity (Wildman–Crippen MR) is 116 cm³/mol. The number of hydrogen-bond acceptors (Lipinski definition) is 4. The van der Waals surface area contributed by atoms with Gasteiger partial charge in [0.25, 0.3) is 0 Å². The number of aromatic nitrogens is 1. The summed E-state index contributed by atoms with van der Waals surface area (Å²) in [5.74, 6) is 1.66. The van der Waals surface area contributed by atoms with Crippen LogP contribution in [0.4, 0.5) is 0 Å². The lowest BCUT2D eigenvalue weighted by molar-refractivity contribution is 0.224. The van der Waals surface area contributed by atoms with Crippen LogP contribution in [0.3, 0.4) is 0 Å². The monoisotopic (exact) mass is 474 g/mol. The van der Waals surface area contributed by atoms with Crippen molar-refractivity contribution in [2.45, 2.75) is 39.8 Å². The summed E-state index contributed by atoms with van der Waals surface area (Å²) in [5, 5.41) is 7.61. The van der Waals surface area contributed by atoms with Crippen LogP contribution in [0.15, 0.2) is 41.5 Å². The Morgan fingerprint density at radius 1 is 1.24 bits per heavy atom. The Bertz CT molecular complexity index is 633. The molecular formula is C18H27IN4OS. The first-order chi connectivity index (χ1) is 11.7. The number of aryl methyl sites for hydroxylation is 1. The van der Waals surface area contributed by atoms with E-state index in [9.17, 15) is 0 Å². The van der Waals surface area contributed by atoms with E-state index in [1.807, 2.05) is 43.5 Å². The summed E-state index contributed by atoms with van der Waals surface area (Å²) in [6, 6.07) is 9.85. The molecule has 1 heterocycles. The first kappa shape index (κ1) is 21.7. The number of para-hydroxylation sites is 1. The van der Waals surface area contributed by atoms with Gasteiger partial charge in [0.1, 0.15) is 16.9 Å². The van der Waals surface area contributed by atoms with Crippen molar-refractivity contribution in [3.05, 3.63) is 46.4 Å². The molecule has 7 heteroatoms. The number of ether oxygens (including phenoxy) is 1. The van der Waals surface area contributed by atoms with Crippen molar-refractivity contribution in [3.8, 4) is 5.75 Å². The molecule has 2 N–H and O–H groups in total. The van der Waals surface area contributed by atoms with Crippen LogP contribution < -0.4 is 15.4 Å². The number of rotatable bonds is 8. The zero-order chi connectivity index (χ0) is 17.2. The molecule has 2 rings (SSSR count). The van der Waals surface area contributed by atoms with Gasteiger partial charge in [-0.2, -0.15) is 0 Å². The average molecular weight is 474 g/mol. The fraction of sp³-hybridized carbons (Fsp3) is 0.444. The molecule has 0 saturated heterocycles. The minimum atomic E-state index is 0. The van der Waals surface area contributed by atoms with E-state index in [0.29, 0.717) is 13.1 Å². The molecule has 0 aliphatic rings. The van der Waals surface area contributed by atoms with Gasteiger partial charge in [-0.1, -0.05) is 25.1 Å². The lowest BCUT2D eigenvalue weighted by Crippen LogP contribution is -2.41. The highest BCUT2D eigenvalue weighted by Crippen LogP contribution is 2.14. The van der Waals surface area contributed by atoms with Crippen LogP contribution in [0.1, 0.15) is 30.7 Å². The van der Waals surface area contributed by atoms with Crippen LogP contribution in [0.25, 0.3) is 0 Å². The van der Waals surface area contributed by atoms with Crippen molar-refractivity contribution in [1.29, 1.82) is 0 Å². The molecule has 25 heavy (non-hydrogen) atoms. The number of hydrogen-bond donors (Lipinski definition) is 2. The number of nitrogens with zero attached hydrogens (tertiary/aromatic N) is 2. The molecular weight excluding hydrogens is 447 g/mol. The third-order valence-corrected chi connectivity index (χ3v) is 4.43. The summed E-state index contributed by atoms with van der Waals surface area (Å²) in [6.07, 6.45) is 3.00. The molecule has 1 unspecified atom stereocenters. The Morgan fingerprint density at radius 2 is 2.00 bits per heavy atom. The van der Waals surface area contributed by atoms with Crippen LogP contribution in [0.5, 0.6) is 5.75 Å². The van der Waals surface area contributed by atoms with Gasteiger partial charge in [0.05, 0.1) is 13.1 Å². The molecule has 2 aromatic rings. The fourth-order valence-corrected chi connectivity index (χ4v) is 2.87. The third kappa shape index (κ3) is 8.04. The maximum absolute atomic E-state index is 5.87. The van der Waals surface area contributed by atoms with E-state index in [-0.39, 0.29) is 30.1 Å². The van der Waals surface area contributed by atoms with Gasteiger partial charge in [-0.15, -0.1) is 35.3 Å². The van der Waals surface area contributed by atoms with E-state index >= 15 is 0 Å². The Balaban J connectivity index is 0.00000312. The molecule has 0 radical (unpaired) electrons. The van der Waals surface area contributed by atoms with Gasteiger partial charge in [0.15, 0.2) is 5.96 Å². The molecule has 0 amide bonds. The van der Waals surface area contributed by atoms with E-state index in [1.54, 1.807) is 11.3 Å². The molecule has 138 valence electrons. The van der Waals surface area contributed by atoms with Crippen LogP contribution in [-0.4, -0.2) is 30.1 Å².